The highest BCUT2D eigenvalue weighted by atomic mass is 16.5. The zero-order valence-corrected chi connectivity index (χ0v) is 12.4. The molecule has 0 radical (unpaired) electrons. The van der Waals surface area contributed by atoms with Crippen LogP contribution in [-0.2, 0) is 0 Å². The molecule has 0 spiro atoms. The minimum atomic E-state index is -0.284. The maximum absolute atomic E-state index is 11.7. The van der Waals surface area contributed by atoms with Gasteiger partial charge < -0.3 is 25.2 Å². The summed E-state index contributed by atoms with van der Waals surface area (Å²) in [6.07, 6.45) is 0.686. The Balaban J connectivity index is 2.17. The van der Waals surface area contributed by atoms with E-state index < -0.39 is 0 Å². The lowest BCUT2D eigenvalue weighted by atomic mass is 10.2. The van der Waals surface area contributed by atoms with Crippen LogP contribution in [0, 0.1) is 6.92 Å². The second-order valence-electron chi connectivity index (χ2n) is 4.68. The summed E-state index contributed by atoms with van der Waals surface area (Å²) in [6.45, 7) is 3.21. The number of ether oxygens (including phenoxy) is 1. The number of carbonyl (C=O) groups excluding carboxylic acids is 1. The van der Waals surface area contributed by atoms with Gasteiger partial charge in [-0.15, -0.1) is 0 Å². The Bertz CT molecular complexity index is 403. The Morgan fingerprint density at radius 2 is 1.81 bits per heavy atom. The van der Waals surface area contributed by atoms with Crippen LogP contribution in [0.5, 0.6) is 5.75 Å². The van der Waals surface area contributed by atoms with Crippen molar-refractivity contribution < 1.29 is 19.7 Å². The highest BCUT2D eigenvalue weighted by molar-refractivity contribution is 5.74. The number of carbonyl (C=O) groups is 1. The summed E-state index contributed by atoms with van der Waals surface area (Å²) in [6, 6.07) is 7.52. The van der Waals surface area contributed by atoms with E-state index in [9.17, 15) is 4.79 Å². The van der Waals surface area contributed by atoms with Crippen LogP contribution in [0.15, 0.2) is 24.3 Å². The van der Waals surface area contributed by atoms with Gasteiger partial charge in [0.25, 0.3) is 0 Å². The number of hydrogen-bond donors (Lipinski definition) is 3. The third-order valence-corrected chi connectivity index (χ3v) is 2.91. The van der Waals surface area contributed by atoms with Gasteiger partial charge in [-0.1, -0.05) is 17.7 Å². The lowest BCUT2D eigenvalue weighted by Gasteiger charge is -2.21. The van der Waals surface area contributed by atoms with Crippen molar-refractivity contribution in [2.75, 3.05) is 39.5 Å². The summed E-state index contributed by atoms with van der Waals surface area (Å²) in [5.74, 6) is 0.814. The van der Waals surface area contributed by atoms with E-state index in [1.165, 1.54) is 10.5 Å². The van der Waals surface area contributed by atoms with Crippen LogP contribution in [0.2, 0.25) is 0 Å². The Labute approximate surface area is 125 Å². The van der Waals surface area contributed by atoms with Crippen molar-refractivity contribution >= 4 is 6.03 Å². The van der Waals surface area contributed by atoms with Gasteiger partial charge >= 0.3 is 6.03 Å². The van der Waals surface area contributed by atoms with E-state index in [0.29, 0.717) is 19.6 Å². The molecule has 0 unspecified atom stereocenters. The lowest BCUT2D eigenvalue weighted by molar-refractivity contribution is 0.158. The lowest BCUT2D eigenvalue weighted by Crippen LogP contribution is -2.43. The molecule has 0 bridgehead atoms. The maximum Gasteiger partial charge on any atom is 0.317 e. The van der Waals surface area contributed by atoms with E-state index >= 15 is 0 Å². The fraction of sp³-hybridized carbons (Fsp3) is 0.533. The van der Waals surface area contributed by atoms with E-state index in [1.54, 1.807) is 0 Å². The Kier molecular flexibility index (Phi) is 8.23. The molecule has 0 saturated heterocycles. The molecule has 0 aromatic heterocycles. The first kappa shape index (κ1) is 17.3. The normalized spacial score (nSPS) is 10.2. The molecule has 0 fully saturated rings. The smallest absolute Gasteiger partial charge is 0.317 e. The van der Waals surface area contributed by atoms with E-state index in [-0.39, 0.29) is 32.3 Å². The Morgan fingerprint density at radius 3 is 2.38 bits per heavy atom. The second kappa shape index (κ2) is 10.0. The van der Waals surface area contributed by atoms with Gasteiger partial charge in [0, 0.05) is 19.6 Å². The number of hydrogen-bond acceptors (Lipinski definition) is 4. The highest BCUT2D eigenvalue weighted by Crippen LogP contribution is 2.11. The first-order valence-electron chi connectivity index (χ1n) is 7.11. The zero-order valence-electron chi connectivity index (χ0n) is 12.4. The molecule has 0 saturated carbocycles. The number of nitrogens with zero attached hydrogens (tertiary/aromatic N) is 1. The monoisotopic (exact) mass is 296 g/mol. The minimum absolute atomic E-state index is 0.121. The first-order chi connectivity index (χ1) is 10.2. The molecule has 2 amide bonds. The predicted molar refractivity (Wildman–Crippen MR) is 80.4 cm³/mol. The maximum atomic E-state index is 11.7. The number of amides is 2. The van der Waals surface area contributed by atoms with Crippen molar-refractivity contribution in [2.45, 2.75) is 13.3 Å². The van der Waals surface area contributed by atoms with Crippen molar-refractivity contribution in [3.8, 4) is 5.75 Å². The van der Waals surface area contributed by atoms with Crippen molar-refractivity contribution in [3.63, 3.8) is 0 Å². The van der Waals surface area contributed by atoms with Crippen LogP contribution in [0.1, 0.15) is 12.0 Å². The van der Waals surface area contributed by atoms with Crippen LogP contribution >= 0.6 is 0 Å². The molecule has 0 atom stereocenters. The molecule has 6 nitrogen and oxygen atoms in total. The average Bonchev–Trinajstić information content (AvgIpc) is 2.48. The molecule has 1 rings (SSSR count). The molecule has 0 aliphatic carbocycles. The third kappa shape index (κ3) is 6.97. The summed E-state index contributed by atoms with van der Waals surface area (Å²) in [7, 11) is 0. The molecular weight excluding hydrogens is 272 g/mol. The molecule has 1 aromatic carbocycles. The molecular formula is C15H24N2O4. The van der Waals surface area contributed by atoms with Gasteiger partial charge in [0.15, 0.2) is 0 Å². The van der Waals surface area contributed by atoms with Crippen LogP contribution < -0.4 is 10.1 Å². The van der Waals surface area contributed by atoms with Crippen molar-refractivity contribution in [1.29, 1.82) is 0 Å². The van der Waals surface area contributed by atoms with E-state index in [2.05, 4.69) is 5.32 Å². The van der Waals surface area contributed by atoms with Gasteiger partial charge in [-0.05, 0) is 25.5 Å². The van der Waals surface area contributed by atoms with Crippen LogP contribution in [0.3, 0.4) is 0 Å². The first-order valence-corrected chi connectivity index (χ1v) is 7.11. The summed E-state index contributed by atoms with van der Waals surface area (Å²) in [5.41, 5.74) is 1.18. The molecule has 3 N–H and O–H groups in total. The van der Waals surface area contributed by atoms with Crippen LogP contribution in [0.4, 0.5) is 4.79 Å². The van der Waals surface area contributed by atoms with Crippen LogP contribution in [-0.4, -0.2) is 60.6 Å². The number of benzene rings is 1. The summed E-state index contributed by atoms with van der Waals surface area (Å²) >= 11 is 0. The number of nitrogens with one attached hydrogen (secondary N) is 1. The number of aliphatic hydroxyl groups excluding tert-OH is 2. The quantitative estimate of drug-likeness (QED) is 0.588. The highest BCUT2D eigenvalue weighted by Gasteiger charge is 2.10. The molecule has 6 heteroatoms. The largest absolute Gasteiger partial charge is 0.494 e. The van der Waals surface area contributed by atoms with E-state index in [4.69, 9.17) is 14.9 Å². The number of urea groups is 1. The Morgan fingerprint density at radius 1 is 1.19 bits per heavy atom. The van der Waals surface area contributed by atoms with Gasteiger partial charge in [0.1, 0.15) is 5.75 Å². The average molecular weight is 296 g/mol. The molecule has 21 heavy (non-hydrogen) atoms. The molecule has 118 valence electrons. The minimum Gasteiger partial charge on any atom is -0.494 e. The third-order valence-electron chi connectivity index (χ3n) is 2.91. The molecule has 0 aliphatic heterocycles. The number of aliphatic hydroxyl groups is 2. The van der Waals surface area contributed by atoms with Gasteiger partial charge in [0.2, 0.25) is 0 Å². The summed E-state index contributed by atoms with van der Waals surface area (Å²) in [4.78, 5) is 13.1. The van der Waals surface area contributed by atoms with Gasteiger partial charge in [-0.25, -0.2) is 4.79 Å². The second-order valence-corrected chi connectivity index (χ2v) is 4.68. The van der Waals surface area contributed by atoms with Gasteiger partial charge in [-0.3, -0.25) is 0 Å². The fourth-order valence-electron chi connectivity index (χ4n) is 1.76. The van der Waals surface area contributed by atoms with E-state index in [1.807, 2.05) is 31.2 Å². The fourth-order valence-corrected chi connectivity index (χ4v) is 1.76. The van der Waals surface area contributed by atoms with E-state index in [0.717, 1.165) is 5.75 Å². The molecule has 1 aromatic rings. The molecule has 0 heterocycles. The van der Waals surface area contributed by atoms with Gasteiger partial charge in [-0.2, -0.15) is 0 Å². The van der Waals surface area contributed by atoms with Crippen molar-refractivity contribution in [3.05, 3.63) is 29.8 Å². The number of rotatable bonds is 9. The van der Waals surface area contributed by atoms with Gasteiger partial charge in [0.05, 0.1) is 19.8 Å². The summed E-state index contributed by atoms with van der Waals surface area (Å²) in [5, 5.41) is 20.4. The SMILES string of the molecule is Cc1ccc(OCCCNC(=O)N(CCO)CCO)cc1. The standard InChI is InChI=1S/C15H24N2O4/c1-13-3-5-14(6-4-13)21-12-2-7-16-15(20)17(8-10-18)9-11-19/h3-6,18-19H,2,7-12H2,1H3,(H,16,20). The van der Waals surface area contributed by atoms with Crippen LogP contribution in [0.25, 0.3) is 0 Å². The molecule has 0 aliphatic rings. The number of aryl methyl sites for hydroxylation is 1. The summed E-state index contributed by atoms with van der Waals surface area (Å²) < 4.78 is 5.55. The topological polar surface area (TPSA) is 82.0 Å². The van der Waals surface area contributed by atoms with Crippen molar-refractivity contribution in [2.24, 2.45) is 0 Å². The zero-order chi connectivity index (χ0) is 15.5. The Hall–Kier alpha value is -1.79. The van der Waals surface area contributed by atoms with Crippen molar-refractivity contribution in [1.82, 2.24) is 10.2 Å². The predicted octanol–water partition coefficient (Wildman–Crippen LogP) is 0.760.